The van der Waals surface area contributed by atoms with Gasteiger partial charge < -0.3 is 9.15 Å². The number of thiazole rings is 1. The highest BCUT2D eigenvalue weighted by Crippen LogP contribution is 2.28. The van der Waals surface area contributed by atoms with Crippen LogP contribution in [0, 0.1) is 0 Å². The number of benzene rings is 1. The van der Waals surface area contributed by atoms with E-state index in [4.69, 9.17) is 20.8 Å². The number of ether oxygens (including phenoxy) is 1. The first-order chi connectivity index (χ1) is 12.7. The third-order valence-electron chi connectivity index (χ3n) is 3.45. The predicted octanol–water partition coefficient (Wildman–Crippen LogP) is 5.54. The Hall–Kier alpha value is -2.48. The van der Waals surface area contributed by atoms with Gasteiger partial charge in [-0.25, -0.2) is 14.8 Å². The summed E-state index contributed by atoms with van der Waals surface area (Å²) in [4.78, 5) is 21.6. The topological polar surface area (TPSA) is 65.2 Å². The Balaban J connectivity index is 1.40. The molecule has 0 aliphatic rings. The maximum absolute atomic E-state index is 12.2. The Morgan fingerprint density at radius 2 is 2.04 bits per heavy atom. The van der Waals surface area contributed by atoms with E-state index in [1.165, 1.54) is 11.3 Å². The highest BCUT2D eigenvalue weighted by Gasteiger charge is 2.15. The summed E-state index contributed by atoms with van der Waals surface area (Å²) in [6.07, 6.45) is 1.59. The molecular weight excluding hydrogens is 392 g/mol. The number of rotatable bonds is 5. The predicted molar refractivity (Wildman–Crippen MR) is 101 cm³/mol. The van der Waals surface area contributed by atoms with Gasteiger partial charge in [-0.1, -0.05) is 17.7 Å². The van der Waals surface area contributed by atoms with Crippen molar-refractivity contribution >= 4 is 40.2 Å². The monoisotopic (exact) mass is 402 g/mol. The highest BCUT2D eigenvalue weighted by molar-refractivity contribution is 7.20. The van der Waals surface area contributed by atoms with Crippen LogP contribution in [0.25, 0.3) is 21.2 Å². The Labute approximate surface area is 161 Å². The quantitative estimate of drug-likeness (QED) is 0.410. The molecule has 0 atom stereocenters. The molecule has 0 spiro atoms. The van der Waals surface area contributed by atoms with Crippen molar-refractivity contribution in [3.05, 3.63) is 70.0 Å². The number of aromatic nitrogens is 2. The van der Waals surface area contributed by atoms with Crippen LogP contribution in [0.2, 0.25) is 5.02 Å². The second-order valence-electron chi connectivity index (χ2n) is 5.22. The summed E-state index contributed by atoms with van der Waals surface area (Å²) in [6, 6.07) is 11.1. The lowest BCUT2D eigenvalue weighted by Gasteiger charge is -1.99. The highest BCUT2D eigenvalue weighted by atomic mass is 35.5. The molecule has 4 aromatic rings. The van der Waals surface area contributed by atoms with Crippen LogP contribution in [0.15, 0.2) is 57.8 Å². The van der Waals surface area contributed by atoms with Crippen molar-refractivity contribution in [2.75, 3.05) is 0 Å². The van der Waals surface area contributed by atoms with Crippen LogP contribution < -0.4 is 0 Å². The van der Waals surface area contributed by atoms with Gasteiger partial charge in [-0.2, -0.15) is 0 Å². The number of carbonyl (C=O) groups excluding carboxylic acids is 1. The van der Waals surface area contributed by atoms with Crippen molar-refractivity contribution < 1.29 is 13.9 Å². The van der Waals surface area contributed by atoms with E-state index in [2.05, 4.69) is 9.97 Å². The molecule has 130 valence electrons. The van der Waals surface area contributed by atoms with Gasteiger partial charge >= 0.3 is 5.97 Å². The summed E-state index contributed by atoms with van der Waals surface area (Å²) in [5.74, 6) is 0.397. The second-order valence-corrected chi connectivity index (χ2v) is 7.46. The van der Waals surface area contributed by atoms with Crippen molar-refractivity contribution in [3.8, 4) is 21.2 Å². The zero-order valence-electron chi connectivity index (χ0n) is 13.2. The van der Waals surface area contributed by atoms with Crippen molar-refractivity contribution in [1.29, 1.82) is 0 Å². The second kappa shape index (κ2) is 7.41. The molecule has 0 saturated heterocycles. The summed E-state index contributed by atoms with van der Waals surface area (Å²) in [7, 11) is 0. The van der Waals surface area contributed by atoms with Crippen molar-refractivity contribution in [2.45, 2.75) is 6.61 Å². The summed E-state index contributed by atoms with van der Waals surface area (Å²) in [5, 5.41) is 5.10. The average molecular weight is 403 g/mol. The molecule has 1 aromatic carbocycles. The van der Waals surface area contributed by atoms with E-state index in [-0.39, 0.29) is 12.3 Å². The minimum Gasteiger partial charge on any atom is -0.451 e. The number of thiophene rings is 1. The molecule has 0 aliphatic heterocycles. The number of carbonyl (C=O) groups is 1. The number of nitrogens with zero attached hydrogens (tertiary/aromatic N) is 2. The van der Waals surface area contributed by atoms with E-state index in [1.54, 1.807) is 35.0 Å². The molecule has 26 heavy (non-hydrogen) atoms. The first-order valence-electron chi connectivity index (χ1n) is 7.56. The van der Waals surface area contributed by atoms with Crippen molar-refractivity contribution in [3.63, 3.8) is 0 Å². The van der Waals surface area contributed by atoms with Gasteiger partial charge in [0.05, 0.1) is 11.1 Å². The molecule has 0 aliphatic carbocycles. The van der Waals surface area contributed by atoms with Gasteiger partial charge in [-0.15, -0.1) is 22.7 Å². The fourth-order valence-electron chi connectivity index (χ4n) is 2.21. The largest absolute Gasteiger partial charge is 0.451 e. The maximum Gasteiger partial charge on any atom is 0.358 e. The number of hydrogen-bond acceptors (Lipinski definition) is 7. The molecule has 0 unspecified atom stereocenters. The summed E-state index contributed by atoms with van der Waals surface area (Å²) in [5.41, 5.74) is 1.13. The Kier molecular flexibility index (Phi) is 4.83. The van der Waals surface area contributed by atoms with E-state index < -0.39 is 5.97 Å². The van der Waals surface area contributed by atoms with Crippen LogP contribution in [-0.4, -0.2) is 15.9 Å². The molecule has 0 N–H and O–H groups in total. The lowest BCUT2D eigenvalue weighted by Crippen LogP contribution is -2.05. The number of oxazole rings is 1. The van der Waals surface area contributed by atoms with Crippen LogP contribution in [0.3, 0.4) is 0 Å². The third kappa shape index (κ3) is 3.70. The summed E-state index contributed by atoms with van der Waals surface area (Å²) >= 11 is 8.86. The van der Waals surface area contributed by atoms with Gasteiger partial charge in [0.15, 0.2) is 18.1 Å². The first kappa shape index (κ1) is 17.0. The van der Waals surface area contributed by atoms with E-state index >= 15 is 0 Å². The Morgan fingerprint density at radius 3 is 2.81 bits per heavy atom. The number of hydrogen-bond donors (Lipinski definition) is 0. The van der Waals surface area contributed by atoms with Crippen LogP contribution >= 0.6 is 34.3 Å². The van der Waals surface area contributed by atoms with Gasteiger partial charge in [0.1, 0.15) is 5.01 Å². The van der Waals surface area contributed by atoms with Crippen molar-refractivity contribution in [1.82, 2.24) is 9.97 Å². The lowest BCUT2D eigenvalue weighted by atomic mass is 10.2. The van der Waals surface area contributed by atoms with E-state index in [0.29, 0.717) is 16.7 Å². The molecule has 0 saturated carbocycles. The molecule has 3 aromatic heterocycles. The molecule has 4 rings (SSSR count). The Bertz CT molecular complexity index is 1020. The lowest BCUT2D eigenvalue weighted by molar-refractivity contribution is 0.0433. The van der Waals surface area contributed by atoms with Crippen LogP contribution in [0.1, 0.15) is 16.4 Å². The number of halogens is 1. The molecule has 0 fully saturated rings. The summed E-state index contributed by atoms with van der Waals surface area (Å²) < 4.78 is 10.9. The molecule has 0 bridgehead atoms. The smallest absolute Gasteiger partial charge is 0.358 e. The standard InChI is InChI=1S/C18H11ClN2O3S2/c19-12-5-3-11(4-6-12)14-8-20-16(24-14)9-23-18(22)13-10-26-17(21-13)15-2-1-7-25-15/h1-8,10H,9H2. The molecule has 0 radical (unpaired) electrons. The molecule has 0 amide bonds. The summed E-state index contributed by atoms with van der Waals surface area (Å²) in [6.45, 7) is -0.0573. The molecule has 5 nitrogen and oxygen atoms in total. The number of esters is 1. The van der Waals surface area contributed by atoms with Gasteiger partial charge in [0, 0.05) is 16.0 Å². The van der Waals surface area contributed by atoms with E-state index in [9.17, 15) is 4.79 Å². The molecule has 8 heteroatoms. The molecule has 3 heterocycles. The zero-order chi connectivity index (χ0) is 17.9. The zero-order valence-corrected chi connectivity index (χ0v) is 15.6. The maximum atomic E-state index is 12.2. The molecular formula is C18H11ClN2O3S2. The van der Waals surface area contributed by atoms with Crippen molar-refractivity contribution in [2.24, 2.45) is 0 Å². The van der Waals surface area contributed by atoms with Gasteiger partial charge in [-0.05, 0) is 35.7 Å². The van der Waals surface area contributed by atoms with Crippen LogP contribution in [-0.2, 0) is 11.3 Å². The van der Waals surface area contributed by atoms with Crippen LogP contribution in [0.4, 0.5) is 0 Å². The van der Waals surface area contributed by atoms with E-state index in [0.717, 1.165) is 15.4 Å². The van der Waals surface area contributed by atoms with E-state index in [1.807, 2.05) is 29.6 Å². The normalized spacial score (nSPS) is 10.8. The fraction of sp³-hybridized carbons (Fsp3) is 0.0556. The Morgan fingerprint density at radius 1 is 1.19 bits per heavy atom. The SMILES string of the molecule is O=C(OCc1ncc(-c2ccc(Cl)cc2)o1)c1csc(-c2cccs2)n1. The van der Waals surface area contributed by atoms with Gasteiger partial charge in [-0.3, -0.25) is 0 Å². The minimum absolute atomic E-state index is 0.0573. The minimum atomic E-state index is -0.504. The van der Waals surface area contributed by atoms with Gasteiger partial charge in [0.2, 0.25) is 5.89 Å². The van der Waals surface area contributed by atoms with Crippen LogP contribution in [0.5, 0.6) is 0 Å². The fourth-order valence-corrected chi connectivity index (χ4v) is 3.94. The van der Waals surface area contributed by atoms with Gasteiger partial charge in [0.25, 0.3) is 0 Å². The first-order valence-corrected chi connectivity index (χ1v) is 9.70. The third-order valence-corrected chi connectivity index (χ3v) is 5.59. The average Bonchev–Trinajstić information content (AvgIpc) is 3.41.